The number of aryl methyl sites for hydroxylation is 1. The number of rotatable bonds is 3. The van der Waals surface area contributed by atoms with Crippen LogP contribution in [0.2, 0.25) is 0 Å². The van der Waals surface area contributed by atoms with Gasteiger partial charge in [0, 0.05) is 25.7 Å². The number of nitrogens with one attached hydrogen (secondary N) is 1. The maximum atomic E-state index is 13.0. The van der Waals surface area contributed by atoms with Crippen LogP contribution in [0.5, 0.6) is 0 Å². The van der Waals surface area contributed by atoms with E-state index >= 15 is 0 Å². The predicted molar refractivity (Wildman–Crippen MR) is 92.3 cm³/mol. The molecule has 1 amide bonds. The quantitative estimate of drug-likeness (QED) is 0.927. The molecule has 0 aromatic heterocycles. The summed E-state index contributed by atoms with van der Waals surface area (Å²) in [6.45, 7) is 2.60. The minimum absolute atomic E-state index is 0.158. The molecule has 2 aromatic rings. The lowest BCUT2D eigenvalue weighted by Crippen LogP contribution is -2.36. The highest BCUT2D eigenvalue weighted by Gasteiger charge is 2.28. The van der Waals surface area contributed by atoms with Gasteiger partial charge in [-0.2, -0.15) is 4.31 Å². The number of carbonyl (C=O) groups excluding carboxylic acids is 1. The van der Waals surface area contributed by atoms with E-state index in [4.69, 9.17) is 0 Å². The molecule has 1 heterocycles. The first kappa shape index (κ1) is 16.7. The molecule has 0 bridgehead atoms. The van der Waals surface area contributed by atoms with Gasteiger partial charge in [-0.3, -0.25) is 4.79 Å². The van der Waals surface area contributed by atoms with Crippen molar-refractivity contribution in [3.05, 3.63) is 64.7 Å². The first-order valence-corrected chi connectivity index (χ1v) is 9.27. The number of hydrogen-bond donors (Lipinski definition) is 1. The third kappa shape index (κ3) is 2.95. The minimum atomic E-state index is -3.63. The molecule has 1 aliphatic rings. The van der Waals surface area contributed by atoms with Crippen molar-refractivity contribution in [2.45, 2.75) is 24.8 Å². The van der Waals surface area contributed by atoms with Gasteiger partial charge in [0.05, 0.1) is 4.90 Å². The largest absolute Gasteiger partial charge is 0.355 e. The van der Waals surface area contributed by atoms with Gasteiger partial charge in [0.25, 0.3) is 5.91 Å². The van der Waals surface area contributed by atoms with Crippen LogP contribution in [0.15, 0.2) is 47.4 Å². The molecule has 2 aromatic carbocycles. The molecule has 0 saturated heterocycles. The molecule has 24 heavy (non-hydrogen) atoms. The Morgan fingerprint density at radius 1 is 1.12 bits per heavy atom. The summed E-state index contributed by atoms with van der Waals surface area (Å²) >= 11 is 0. The molecule has 1 N–H and O–H groups in total. The van der Waals surface area contributed by atoms with Gasteiger partial charge in [0.1, 0.15) is 0 Å². The van der Waals surface area contributed by atoms with Gasteiger partial charge < -0.3 is 5.32 Å². The van der Waals surface area contributed by atoms with Gasteiger partial charge in [0.15, 0.2) is 0 Å². The number of carbonyl (C=O) groups is 1. The van der Waals surface area contributed by atoms with Crippen molar-refractivity contribution in [2.24, 2.45) is 0 Å². The molecule has 0 aliphatic carbocycles. The smallest absolute Gasteiger partial charge is 0.251 e. The van der Waals surface area contributed by atoms with Crippen LogP contribution in [0.3, 0.4) is 0 Å². The van der Waals surface area contributed by atoms with Crippen molar-refractivity contribution in [1.82, 2.24) is 9.62 Å². The monoisotopic (exact) mass is 344 g/mol. The molecule has 5 nitrogen and oxygen atoms in total. The predicted octanol–water partition coefficient (Wildman–Crippen LogP) is 2.10. The van der Waals surface area contributed by atoms with Crippen LogP contribution >= 0.6 is 0 Å². The van der Waals surface area contributed by atoms with Gasteiger partial charge in [0.2, 0.25) is 10.0 Å². The summed E-state index contributed by atoms with van der Waals surface area (Å²) in [5.74, 6) is -0.284. The second-order valence-electron chi connectivity index (χ2n) is 5.91. The Kier molecular flexibility index (Phi) is 4.43. The molecule has 0 spiro atoms. The van der Waals surface area contributed by atoms with Crippen molar-refractivity contribution < 1.29 is 13.2 Å². The number of fused-ring (bicyclic) bond motifs is 1. The molecule has 0 saturated carbocycles. The number of nitrogens with zero attached hydrogens (tertiary/aromatic N) is 1. The fourth-order valence-electron chi connectivity index (χ4n) is 2.96. The molecule has 6 heteroatoms. The molecule has 0 atom stereocenters. The first-order chi connectivity index (χ1) is 11.4. The fraction of sp³-hybridized carbons (Fsp3) is 0.278. The van der Waals surface area contributed by atoms with Crippen molar-refractivity contribution >= 4 is 15.9 Å². The van der Waals surface area contributed by atoms with E-state index in [-0.39, 0.29) is 10.8 Å². The number of sulfonamides is 1. The van der Waals surface area contributed by atoms with Gasteiger partial charge in [-0.25, -0.2) is 8.42 Å². The van der Waals surface area contributed by atoms with E-state index in [9.17, 15) is 13.2 Å². The van der Waals surface area contributed by atoms with Crippen LogP contribution in [0, 0.1) is 6.92 Å². The number of amides is 1. The van der Waals surface area contributed by atoms with Gasteiger partial charge in [-0.1, -0.05) is 30.3 Å². The van der Waals surface area contributed by atoms with E-state index in [1.807, 2.05) is 24.3 Å². The van der Waals surface area contributed by atoms with E-state index < -0.39 is 10.0 Å². The standard InChI is InChI=1S/C18H20N2O3S/c1-13-7-8-16(11-17(13)18(21)19-2)24(22,23)20-10-9-14-5-3-4-6-15(14)12-20/h3-8,11H,9-10,12H2,1-2H3,(H,19,21). The topological polar surface area (TPSA) is 66.5 Å². The average Bonchev–Trinajstić information content (AvgIpc) is 2.60. The molecule has 1 aliphatic heterocycles. The highest BCUT2D eigenvalue weighted by Crippen LogP contribution is 2.26. The Hall–Kier alpha value is -2.18. The second kappa shape index (κ2) is 6.37. The molecule has 0 unspecified atom stereocenters. The highest BCUT2D eigenvalue weighted by atomic mass is 32.2. The van der Waals surface area contributed by atoms with E-state index in [2.05, 4.69) is 5.32 Å². The molecular weight excluding hydrogens is 324 g/mol. The van der Waals surface area contributed by atoms with E-state index in [1.54, 1.807) is 19.1 Å². The Morgan fingerprint density at radius 2 is 1.83 bits per heavy atom. The zero-order valence-electron chi connectivity index (χ0n) is 13.7. The fourth-order valence-corrected chi connectivity index (χ4v) is 4.41. The maximum absolute atomic E-state index is 13.0. The summed E-state index contributed by atoms with van der Waals surface area (Å²) in [5.41, 5.74) is 3.36. The summed E-state index contributed by atoms with van der Waals surface area (Å²) in [6.07, 6.45) is 0.698. The molecule has 0 fully saturated rings. The van der Waals surface area contributed by atoms with Crippen LogP contribution in [-0.2, 0) is 23.0 Å². The lowest BCUT2D eigenvalue weighted by Gasteiger charge is -2.28. The van der Waals surface area contributed by atoms with E-state index in [0.29, 0.717) is 25.1 Å². The summed E-state index contributed by atoms with van der Waals surface area (Å²) in [4.78, 5) is 12.1. The van der Waals surface area contributed by atoms with Crippen LogP contribution in [0.4, 0.5) is 0 Å². The number of benzene rings is 2. The van der Waals surface area contributed by atoms with Gasteiger partial charge >= 0.3 is 0 Å². The van der Waals surface area contributed by atoms with E-state index in [1.165, 1.54) is 23.0 Å². The summed E-state index contributed by atoms with van der Waals surface area (Å²) in [6, 6.07) is 12.6. The molecule has 126 valence electrons. The SMILES string of the molecule is CNC(=O)c1cc(S(=O)(=O)N2CCc3ccccc3C2)ccc1C. The average molecular weight is 344 g/mol. The Balaban J connectivity index is 1.96. The Morgan fingerprint density at radius 3 is 2.54 bits per heavy atom. The normalized spacial score (nSPS) is 14.9. The lowest BCUT2D eigenvalue weighted by molar-refractivity contribution is 0.0962. The third-order valence-corrected chi connectivity index (χ3v) is 6.26. The van der Waals surface area contributed by atoms with Crippen molar-refractivity contribution in [1.29, 1.82) is 0 Å². The molecular formula is C18H20N2O3S. The van der Waals surface area contributed by atoms with Crippen molar-refractivity contribution in [2.75, 3.05) is 13.6 Å². The summed E-state index contributed by atoms with van der Waals surface area (Å²) in [7, 11) is -2.10. The molecule has 3 rings (SSSR count). The van der Waals surface area contributed by atoms with Crippen LogP contribution in [-0.4, -0.2) is 32.2 Å². The maximum Gasteiger partial charge on any atom is 0.251 e. The highest BCUT2D eigenvalue weighted by molar-refractivity contribution is 7.89. The summed E-state index contributed by atoms with van der Waals surface area (Å²) < 4.78 is 27.4. The van der Waals surface area contributed by atoms with E-state index in [0.717, 1.165) is 11.1 Å². The van der Waals surface area contributed by atoms with Crippen LogP contribution < -0.4 is 5.32 Å². The Bertz CT molecular complexity index is 891. The van der Waals surface area contributed by atoms with Gasteiger partial charge in [-0.15, -0.1) is 0 Å². The lowest BCUT2D eigenvalue weighted by atomic mass is 10.0. The summed E-state index contributed by atoms with van der Waals surface area (Å²) in [5, 5.41) is 2.55. The molecule has 0 radical (unpaired) electrons. The zero-order chi connectivity index (χ0) is 17.3. The second-order valence-corrected chi connectivity index (χ2v) is 7.85. The third-order valence-electron chi connectivity index (χ3n) is 4.41. The number of hydrogen-bond acceptors (Lipinski definition) is 3. The van der Waals surface area contributed by atoms with Gasteiger partial charge in [-0.05, 0) is 42.2 Å². The minimum Gasteiger partial charge on any atom is -0.355 e. The zero-order valence-corrected chi connectivity index (χ0v) is 14.6. The van der Waals surface area contributed by atoms with Crippen LogP contribution in [0.1, 0.15) is 27.0 Å². The first-order valence-electron chi connectivity index (χ1n) is 7.83. The van der Waals surface area contributed by atoms with Crippen molar-refractivity contribution in [3.8, 4) is 0 Å². The van der Waals surface area contributed by atoms with Crippen molar-refractivity contribution in [3.63, 3.8) is 0 Å². The Labute approximate surface area is 142 Å². The van der Waals surface area contributed by atoms with Crippen LogP contribution in [0.25, 0.3) is 0 Å².